The van der Waals surface area contributed by atoms with Gasteiger partial charge in [0.2, 0.25) is 0 Å². The second-order valence-electron chi connectivity index (χ2n) is 18.0. The lowest BCUT2D eigenvalue weighted by atomic mass is 9.94. The van der Waals surface area contributed by atoms with E-state index >= 15 is 0 Å². The first-order valence-corrected chi connectivity index (χ1v) is 25.9. The molecule has 0 bridgehead atoms. The van der Waals surface area contributed by atoms with E-state index in [9.17, 15) is 9.59 Å². The molecule has 0 aliphatic carbocycles. The Labute approximate surface area is 361 Å². The van der Waals surface area contributed by atoms with Crippen LogP contribution in [0.15, 0.2) is 0 Å². The molecule has 0 saturated carbocycles. The topological polar surface area (TPSA) is 68.3 Å². The highest BCUT2D eigenvalue weighted by atomic mass is 16.5. The zero-order valence-electron chi connectivity index (χ0n) is 39.5. The van der Waals surface area contributed by atoms with Gasteiger partial charge in [0, 0.05) is 13.1 Å². The van der Waals surface area contributed by atoms with Crippen LogP contribution in [0.5, 0.6) is 0 Å². The van der Waals surface area contributed by atoms with Gasteiger partial charge in [-0.15, -0.1) is 0 Å². The van der Waals surface area contributed by atoms with Crippen LogP contribution in [0, 0.1) is 11.8 Å². The summed E-state index contributed by atoms with van der Waals surface area (Å²) in [6, 6.07) is 0. The van der Waals surface area contributed by atoms with E-state index < -0.39 is 0 Å². The Bertz CT molecular complexity index is 823. The van der Waals surface area contributed by atoms with E-state index in [-0.39, 0.29) is 23.8 Å². The van der Waals surface area contributed by atoms with E-state index in [0.29, 0.717) is 13.2 Å². The van der Waals surface area contributed by atoms with E-state index in [1.165, 1.54) is 135 Å². The summed E-state index contributed by atoms with van der Waals surface area (Å²) in [7, 11) is 0. The Balaban J connectivity index is 2.40. The average Bonchev–Trinajstić information content (AvgIpc) is 3.23. The third kappa shape index (κ3) is 33.5. The van der Waals surface area contributed by atoms with Gasteiger partial charge >= 0.3 is 11.9 Å². The smallest absolute Gasteiger partial charge is 0.308 e. The lowest BCUT2D eigenvalue weighted by molar-refractivity contribution is -0.150. The number of ether oxygens (including phenoxy) is 3. The number of unbranched alkanes of at least 4 members (excludes halogenated alkanes) is 22. The molecule has 2 atom stereocenters. The van der Waals surface area contributed by atoms with Crippen LogP contribution in [0.3, 0.4) is 0 Å². The van der Waals surface area contributed by atoms with Gasteiger partial charge in [0.25, 0.3) is 0 Å². The molecule has 1 rings (SSSR count). The van der Waals surface area contributed by atoms with Crippen LogP contribution in [0.4, 0.5) is 0 Å². The number of esters is 2. The first-order chi connectivity index (χ1) is 28.5. The molecule has 0 radical (unpaired) electrons. The molecule has 7 heteroatoms. The van der Waals surface area contributed by atoms with Gasteiger partial charge in [0.1, 0.15) is 0 Å². The van der Waals surface area contributed by atoms with Crippen LogP contribution in [0.2, 0.25) is 0 Å². The molecule has 1 heterocycles. The molecule has 0 amide bonds. The summed E-state index contributed by atoms with van der Waals surface area (Å²) in [6.07, 6.45) is 39.3. The SMILES string of the molecule is CCCCCCCCC(CCCCCC)C(=O)OCCCCCCN(CCCCCCOC(=O)C(CCCCCC)CCCCCCCC)CCCN1CCOCC1. The fourth-order valence-electron chi connectivity index (χ4n) is 8.58. The maximum atomic E-state index is 13.1. The monoisotopic (exact) mass is 821 g/mol. The molecule has 1 fully saturated rings. The van der Waals surface area contributed by atoms with Gasteiger partial charge in [-0.05, 0) is 84.0 Å². The van der Waals surface area contributed by atoms with Crippen molar-refractivity contribution < 1.29 is 23.8 Å². The highest BCUT2D eigenvalue weighted by Crippen LogP contribution is 2.22. The van der Waals surface area contributed by atoms with Crippen LogP contribution in [0.1, 0.15) is 240 Å². The summed E-state index contributed by atoms with van der Waals surface area (Å²) in [5.74, 6) is 0.336. The van der Waals surface area contributed by atoms with E-state index in [1.54, 1.807) is 0 Å². The molecule has 7 nitrogen and oxygen atoms in total. The molecule has 0 aromatic heterocycles. The van der Waals surface area contributed by atoms with Gasteiger partial charge in [-0.1, -0.05) is 182 Å². The number of rotatable bonds is 44. The Hall–Kier alpha value is -1.18. The number of carbonyl (C=O) groups is 2. The van der Waals surface area contributed by atoms with Crippen molar-refractivity contribution in [3.05, 3.63) is 0 Å². The number of morpholine rings is 1. The molecule has 58 heavy (non-hydrogen) atoms. The van der Waals surface area contributed by atoms with Crippen LogP contribution in [0.25, 0.3) is 0 Å². The van der Waals surface area contributed by atoms with E-state index in [0.717, 1.165) is 130 Å². The summed E-state index contributed by atoms with van der Waals surface area (Å²) in [5.41, 5.74) is 0. The van der Waals surface area contributed by atoms with E-state index in [4.69, 9.17) is 14.2 Å². The van der Waals surface area contributed by atoms with Gasteiger partial charge in [-0.25, -0.2) is 0 Å². The zero-order valence-corrected chi connectivity index (χ0v) is 39.5. The molecule has 2 unspecified atom stereocenters. The van der Waals surface area contributed by atoms with Crippen molar-refractivity contribution >= 4 is 11.9 Å². The Kier molecular flexibility index (Phi) is 40.2. The summed E-state index contributed by atoms with van der Waals surface area (Å²) < 4.78 is 17.3. The quantitative estimate of drug-likeness (QED) is 0.0448. The van der Waals surface area contributed by atoms with Gasteiger partial charge < -0.3 is 19.1 Å². The predicted octanol–water partition coefficient (Wildman–Crippen LogP) is 13.9. The van der Waals surface area contributed by atoms with Gasteiger partial charge in [-0.3, -0.25) is 14.5 Å². The van der Waals surface area contributed by atoms with Crippen molar-refractivity contribution in [1.82, 2.24) is 9.80 Å². The van der Waals surface area contributed by atoms with Crippen LogP contribution in [-0.2, 0) is 23.8 Å². The molecule has 344 valence electrons. The maximum Gasteiger partial charge on any atom is 0.308 e. The normalized spacial score (nSPS) is 14.6. The van der Waals surface area contributed by atoms with Crippen LogP contribution >= 0.6 is 0 Å². The largest absolute Gasteiger partial charge is 0.465 e. The number of hydrogen-bond acceptors (Lipinski definition) is 7. The average molecular weight is 821 g/mol. The van der Waals surface area contributed by atoms with Crippen molar-refractivity contribution in [1.29, 1.82) is 0 Å². The highest BCUT2D eigenvalue weighted by molar-refractivity contribution is 5.72. The predicted molar refractivity (Wildman–Crippen MR) is 248 cm³/mol. The summed E-state index contributed by atoms with van der Waals surface area (Å²) >= 11 is 0. The second kappa shape index (κ2) is 42.5. The fourth-order valence-corrected chi connectivity index (χ4v) is 8.58. The van der Waals surface area contributed by atoms with Gasteiger partial charge in [-0.2, -0.15) is 0 Å². The molecule has 0 aromatic rings. The number of carbonyl (C=O) groups excluding carboxylic acids is 2. The molecule has 1 aliphatic rings. The molecule has 1 aliphatic heterocycles. The molecule has 0 aromatic carbocycles. The fraction of sp³-hybridized carbons (Fsp3) is 0.961. The summed E-state index contributed by atoms with van der Waals surface area (Å²) in [6.45, 7) is 18.7. The minimum Gasteiger partial charge on any atom is -0.465 e. The summed E-state index contributed by atoms with van der Waals surface area (Å²) in [5, 5.41) is 0. The lowest BCUT2D eigenvalue weighted by Crippen LogP contribution is -2.38. The summed E-state index contributed by atoms with van der Waals surface area (Å²) in [4.78, 5) is 31.4. The van der Waals surface area contributed by atoms with E-state index in [1.807, 2.05) is 0 Å². The van der Waals surface area contributed by atoms with Crippen LogP contribution < -0.4 is 0 Å². The number of hydrogen-bond donors (Lipinski definition) is 0. The molecular formula is C51H100N2O5. The molecule has 0 N–H and O–H groups in total. The third-order valence-corrected chi connectivity index (χ3v) is 12.6. The second-order valence-corrected chi connectivity index (χ2v) is 18.0. The maximum absolute atomic E-state index is 13.1. The standard InChI is InChI=1S/C51H100N2O5/c1-5-9-13-17-19-27-36-48(34-25-15-11-7-3)50(54)57-44-31-23-21-29-38-52(40-33-41-53-42-46-56-47-43-53)39-30-22-24-32-45-58-51(55)49(35-26-16-12-8-4)37-28-20-18-14-10-6-2/h48-49H,5-47H2,1-4H3. The van der Waals surface area contributed by atoms with E-state index in [2.05, 4.69) is 37.5 Å². The zero-order chi connectivity index (χ0) is 42.0. The lowest BCUT2D eigenvalue weighted by Gasteiger charge is -2.28. The van der Waals surface area contributed by atoms with Gasteiger partial charge in [0.05, 0.1) is 38.3 Å². The minimum absolute atomic E-state index is 0.0696. The molecule has 1 saturated heterocycles. The van der Waals surface area contributed by atoms with Crippen LogP contribution in [-0.4, -0.2) is 87.4 Å². The third-order valence-electron chi connectivity index (χ3n) is 12.6. The van der Waals surface area contributed by atoms with Crippen molar-refractivity contribution in [3.8, 4) is 0 Å². The Morgan fingerprint density at radius 3 is 1.19 bits per heavy atom. The Morgan fingerprint density at radius 1 is 0.448 bits per heavy atom. The first-order valence-electron chi connectivity index (χ1n) is 25.9. The minimum atomic E-state index is 0.0696. The Morgan fingerprint density at radius 2 is 0.776 bits per heavy atom. The van der Waals surface area contributed by atoms with Crippen molar-refractivity contribution in [2.75, 3.05) is 65.7 Å². The van der Waals surface area contributed by atoms with Crippen molar-refractivity contribution in [3.63, 3.8) is 0 Å². The van der Waals surface area contributed by atoms with Crippen molar-refractivity contribution in [2.45, 2.75) is 240 Å². The molecule has 0 spiro atoms. The number of nitrogens with zero attached hydrogens (tertiary/aromatic N) is 2. The molecular weight excluding hydrogens is 721 g/mol. The highest BCUT2D eigenvalue weighted by Gasteiger charge is 2.20. The van der Waals surface area contributed by atoms with Gasteiger partial charge in [0.15, 0.2) is 0 Å². The first kappa shape index (κ1) is 54.8. The van der Waals surface area contributed by atoms with Crippen molar-refractivity contribution in [2.24, 2.45) is 11.8 Å².